The van der Waals surface area contributed by atoms with Crippen molar-refractivity contribution < 1.29 is 4.42 Å². The Balaban J connectivity index is 2.47. The van der Waals surface area contributed by atoms with Crippen LogP contribution in [-0.4, -0.2) is 0 Å². The van der Waals surface area contributed by atoms with Crippen LogP contribution < -0.4 is 5.73 Å². The lowest BCUT2D eigenvalue weighted by Crippen LogP contribution is -2.25. The van der Waals surface area contributed by atoms with E-state index in [0.29, 0.717) is 0 Å². The zero-order valence-electron chi connectivity index (χ0n) is 9.75. The van der Waals surface area contributed by atoms with Crippen LogP contribution in [0.4, 0.5) is 0 Å². The summed E-state index contributed by atoms with van der Waals surface area (Å²) in [5.74, 6) is 0.848. The van der Waals surface area contributed by atoms with Gasteiger partial charge in [0.1, 0.15) is 11.3 Å². The third-order valence-corrected chi connectivity index (χ3v) is 3.23. The first kappa shape index (κ1) is 11.7. The average Bonchev–Trinajstić information content (AvgIpc) is 2.57. The van der Waals surface area contributed by atoms with Gasteiger partial charge >= 0.3 is 0 Å². The molecule has 0 saturated carbocycles. The molecule has 2 rings (SSSR count). The molecule has 0 bridgehead atoms. The number of nitrogens with two attached hydrogens (primary N) is 1. The third-order valence-electron chi connectivity index (χ3n) is 2.74. The second kappa shape index (κ2) is 3.90. The molecule has 2 N–H and O–H groups in total. The molecule has 0 saturated heterocycles. The molecule has 0 aliphatic heterocycles. The molecule has 1 aromatic carbocycles. The zero-order chi connectivity index (χ0) is 11.9. The number of fused-ring (bicyclic) bond motifs is 1. The minimum absolute atomic E-state index is 0.00507. The minimum atomic E-state index is -0.0846. The molecule has 0 spiro atoms. The van der Waals surface area contributed by atoms with E-state index in [2.05, 4.69) is 36.7 Å². The highest BCUT2D eigenvalue weighted by Gasteiger charge is 2.25. The Labute approximate surface area is 104 Å². The molecule has 0 amide bonds. The van der Waals surface area contributed by atoms with E-state index < -0.39 is 0 Å². The fourth-order valence-electron chi connectivity index (χ4n) is 1.61. The Hall–Kier alpha value is -0.800. The standard InChI is InChI=1S/C13H16BrNO/c1-13(2,3)12(15)11-7-8-6-9(14)4-5-10(8)16-11/h4-7,12H,15H2,1-3H3/t12-/m1/s1. The van der Waals surface area contributed by atoms with Crippen molar-refractivity contribution in [1.29, 1.82) is 0 Å². The lowest BCUT2D eigenvalue weighted by molar-refractivity contribution is 0.290. The van der Waals surface area contributed by atoms with E-state index in [9.17, 15) is 0 Å². The first-order valence-electron chi connectivity index (χ1n) is 5.32. The highest BCUT2D eigenvalue weighted by molar-refractivity contribution is 9.10. The SMILES string of the molecule is CC(C)(C)[C@H](N)c1cc2cc(Br)ccc2o1. The third kappa shape index (κ3) is 2.15. The van der Waals surface area contributed by atoms with Gasteiger partial charge in [0.25, 0.3) is 0 Å². The van der Waals surface area contributed by atoms with Crippen LogP contribution in [0.5, 0.6) is 0 Å². The van der Waals surface area contributed by atoms with Crippen molar-refractivity contribution >= 4 is 26.9 Å². The lowest BCUT2D eigenvalue weighted by atomic mass is 9.86. The minimum Gasteiger partial charge on any atom is -0.459 e. The Morgan fingerprint density at radius 1 is 1.25 bits per heavy atom. The fraction of sp³-hybridized carbons (Fsp3) is 0.385. The van der Waals surface area contributed by atoms with Crippen molar-refractivity contribution in [2.75, 3.05) is 0 Å². The molecule has 1 heterocycles. The quantitative estimate of drug-likeness (QED) is 0.849. The zero-order valence-corrected chi connectivity index (χ0v) is 11.3. The van der Waals surface area contributed by atoms with Gasteiger partial charge in [0.2, 0.25) is 0 Å². The smallest absolute Gasteiger partial charge is 0.134 e. The molecule has 0 radical (unpaired) electrons. The summed E-state index contributed by atoms with van der Waals surface area (Å²) >= 11 is 3.45. The molecule has 0 unspecified atom stereocenters. The summed E-state index contributed by atoms with van der Waals surface area (Å²) in [7, 11) is 0. The van der Waals surface area contributed by atoms with E-state index in [4.69, 9.17) is 10.2 Å². The predicted octanol–water partition coefficient (Wildman–Crippen LogP) is 4.24. The number of rotatable bonds is 1. The Morgan fingerprint density at radius 3 is 2.56 bits per heavy atom. The van der Waals surface area contributed by atoms with Crippen LogP contribution in [0.15, 0.2) is 33.2 Å². The molecule has 0 aliphatic carbocycles. The van der Waals surface area contributed by atoms with Gasteiger partial charge in [-0.25, -0.2) is 0 Å². The van der Waals surface area contributed by atoms with Crippen molar-refractivity contribution in [2.24, 2.45) is 11.1 Å². The fourth-order valence-corrected chi connectivity index (χ4v) is 1.99. The predicted molar refractivity (Wildman–Crippen MR) is 70.3 cm³/mol. The van der Waals surface area contributed by atoms with E-state index in [0.717, 1.165) is 21.2 Å². The number of benzene rings is 1. The first-order chi connectivity index (χ1) is 7.38. The summed E-state index contributed by atoms with van der Waals surface area (Å²) in [4.78, 5) is 0. The molecule has 1 aromatic heterocycles. The molecule has 1 atom stereocenters. The summed E-state index contributed by atoms with van der Waals surface area (Å²) in [5, 5.41) is 1.09. The number of halogens is 1. The number of hydrogen-bond acceptors (Lipinski definition) is 2. The van der Waals surface area contributed by atoms with E-state index >= 15 is 0 Å². The van der Waals surface area contributed by atoms with Gasteiger partial charge in [0.15, 0.2) is 0 Å². The maximum atomic E-state index is 6.17. The summed E-state index contributed by atoms with van der Waals surface area (Å²) in [6.45, 7) is 6.34. The topological polar surface area (TPSA) is 39.2 Å². The normalized spacial score (nSPS) is 14.3. The van der Waals surface area contributed by atoms with Gasteiger partial charge in [-0.1, -0.05) is 36.7 Å². The largest absolute Gasteiger partial charge is 0.459 e. The molecule has 16 heavy (non-hydrogen) atoms. The van der Waals surface area contributed by atoms with Gasteiger partial charge in [-0.05, 0) is 29.7 Å². The molecule has 2 nitrogen and oxygen atoms in total. The van der Waals surface area contributed by atoms with Crippen LogP contribution in [0.2, 0.25) is 0 Å². The van der Waals surface area contributed by atoms with E-state index in [1.807, 2.05) is 24.3 Å². The molecule has 0 fully saturated rings. The first-order valence-corrected chi connectivity index (χ1v) is 6.12. The van der Waals surface area contributed by atoms with Gasteiger partial charge in [-0.2, -0.15) is 0 Å². The molecule has 86 valence electrons. The van der Waals surface area contributed by atoms with Crippen molar-refractivity contribution in [2.45, 2.75) is 26.8 Å². The second-order valence-electron chi connectivity index (χ2n) is 5.17. The highest BCUT2D eigenvalue weighted by atomic mass is 79.9. The second-order valence-corrected chi connectivity index (χ2v) is 6.09. The monoisotopic (exact) mass is 281 g/mol. The van der Waals surface area contributed by atoms with Crippen LogP contribution >= 0.6 is 15.9 Å². The summed E-state index contributed by atoms with van der Waals surface area (Å²) in [5.41, 5.74) is 7.06. The molecule has 0 aliphatic rings. The van der Waals surface area contributed by atoms with E-state index in [1.165, 1.54) is 0 Å². The Kier molecular flexibility index (Phi) is 2.84. The van der Waals surface area contributed by atoms with Crippen LogP contribution in [0, 0.1) is 5.41 Å². The maximum Gasteiger partial charge on any atom is 0.134 e. The molecular formula is C13H16BrNO. The van der Waals surface area contributed by atoms with Gasteiger partial charge < -0.3 is 10.2 Å². The van der Waals surface area contributed by atoms with Crippen molar-refractivity contribution in [3.8, 4) is 0 Å². The summed E-state index contributed by atoms with van der Waals surface area (Å²) < 4.78 is 6.82. The Morgan fingerprint density at radius 2 is 1.94 bits per heavy atom. The van der Waals surface area contributed by atoms with E-state index in [-0.39, 0.29) is 11.5 Å². The van der Waals surface area contributed by atoms with Crippen molar-refractivity contribution in [3.05, 3.63) is 34.5 Å². The van der Waals surface area contributed by atoms with Gasteiger partial charge in [0, 0.05) is 9.86 Å². The molecule has 3 heteroatoms. The van der Waals surface area contributed by atoms with Crippen LogP contribution in [0.25, 0.3) is 11.0 Å². The lowest BCUT2D eigenvalue weighted by Gasteiger charge is -2.24. The van der Waals surface area contributed by atoms with Gasteiger partial charge in [-0.3, -0.25) is 0 Å². The van der Waals surface area contributed by atoms with Crippen LogP contribution in [0.1, 0.15) is 32.6 Å². The highest BCUT2D eigenvalue weighted by Crippen LogP contribution is 2.34. The van der Waals surface area contributed by atoms with Crippen molar-refractivity contribution in [3.63, 3.8) is 0 Å². The van der Waals surface area contributed by atoms with Crippen molar-refractivity contribution in [1.82, 2.24) is 0 Å². The van der Waals surface area contributed by atoms with E-state index in [1.54, 1.807) is 0 Å². The Bertz CT molecular complexity index is 510. The average molecular weight is 282 g/mol. The van der Waals surface area contributed by atoms with Crippen LogP contribution in [-0.2, 0) is 0 Å². The number of furan rings is 1. The van der Waals surface area contributed by atoms with Crippen LogP contribution in [0.3, 0.4) is 0 Å². The summed E-state index contributed by atoms with van der Waals surface area (Å²) in [6, 6.07) is 7.91. The molecular weight excluding hydrogens is 266 g/mol. The molecule has 2 aromatic rings. The van der Waals surface area contributed by atoms with Gasteiger partial charge in [-0.15, -0.1) is 0 Å². The maximum absolute atomic E-state index is 6.17. The van der Waals surface area contributed by atoms with Gasteiger partial charge in [0.05, 0.1) is 6.04 Å². The number of hydrogen-bond donors (Lipinski definition) is 1. The summed E-state index contributed by atoms with van der Waals surface area (Å²) in [6.07, 6.45) is 0.